The van der Waals surface area contributed by atoms with Gasteiger partial charge in [0.25, 0.3) is 0 Å². The van der Waals surface area contributed by atoms with Crippen molar-refractivity contribution in [3.05, 3.63) is 16.3 Å². The molecule has 1 aliphatic rings. The number of hydrogen-bond acceptors (Lipinski definition) is 2. The van der Waals surface area contributed by atoms with Crippen LogP contribution < -0.4 is 5.69 Å². The van der Waals surface area contributed by atoms with Crippen LogP contribution in [0.25, 0.3) is 0 Å². The topological polar surface area (TPSA) is 61.5 Å². The first-order chi connectivity index (χ1) is 6.25. The zero-order chi connectivity index (χ0) is 9.26. The van der Waals surface area contributed by atoms with Gasteiger partial charge in [0, 0.05) is 5.92 Å². The molecule has 1 fully saturated rings. The first-order valence-corrected chi connectivity index (χ1v) is 4.90. The minimum absolute atomic E-state index is 0.187. The smallest absolute Gasteiger partial charge is 0.293 e. The molecule has 0 radical (unpaired) electrons. The second kappa shape index (κ2) is 3.36. The Balaban J connectivity index is 2.12. The van der Waals surface area contributed by atoms with Crippen molar-refractivity contribution in [1.29, 1.82) is 0 Å². The van der Waals surface area contributed by atoms with Gasteiger partial charge in [0.2, 0.25) is 0 Å². The summed E-state index contributed by atoms with van der Waals surface area (Å²) in [4.78, 5) is 13.6. The fraction of sp³-hybridized carbons (Fsp3) is 0.778. The molecular formula is C9H15N3O. The van der Waals surface area contributed by atoms with Crippen molar-refractivity contribution in [3.63, 3.8) is 0 Å². The lowest BCUT2D eigenvalue weighted by atomic mass is 9.82. The monoisotopic (exact) mass is 181 g/mol. The second-order valence-electron chi connectivity index (χ2n) is 4.03. The molecule has 2 rings (SSSR count). The van der Waals surface area contributed by atoms with Crippen LogP contribution in [0, 0.1) is 5.92 Å². The van der Waals surface area contributed by atoms with Gasteiger partial charge in [0.05, 0.1) is 0 Å². The highest BCUT2D eigenvalue weighted by molar-refractivity contribution is 4.95. The van der Waals surface area contributed by atoms with E-state index in [1.165, 1.54) is 12.8 Å². The zero-order valence-electron chi connectivity index (χ0n) is 7.84. The van der Waals surface area contributed by atoms with Crippen LogP contribution >= 0.6 is 0 Å². The molecule has 1 heterocycles. The van der Waals surface area contributed by atoms with Gasteiger partial charge >= 0.3 is 5.69 Å². The van der Waals surface area contributed by atoms with E-state index in [0.29, 0.717) is 5.92 Å². The molecule has 1 aromatic rings. The van der Waals surface area contributed by atoms with Gasteiger partial charge in [-0.3, -0.25) is 4.98 Å². The van der Waals surface area contributed by atoms with Crippen LogP contribution in [0.5, 0.6) is 0 Å². The fourth-order valence-electron chi connectivity index (χ4n) is 2.16. The average molecular weight is 181 g/mol. The lowest BCUT2D eigenvalue weighted by Crippen LogP contribution is -2.13. The minimum Gasteiger partial charge on any atom is -0.293 e. The van der Waals surface area contributed by atoms with Gasteiger partial charge in [-0.25, -0.2) is 9.89 Å². The molecule has 4 nitrogen and oxygen atoms in total. The molecule has 13 heavy (non-hydrogen) atoms. The van der Waals surface area contributed by atoms with Crippen molar-refractivity contribution in [2.24, 2.45) is 5.92 Å². The Bertz CT molecular complexity index is 328. The molecule has 0 spiro atoms. The van der Waals surface area contributed by atoms with Crippen molar-refractivity contribution >= 4 is 0 Å². The molecule has 0 aliphatic heterocycles. The van der Waals surface area contributed by atoms with E-state index in [2.05, 4.69) is 22.1 Å². The molecule has 2 unspecified atom stereocenters. The maximum Gasteiger partial charge on any atom is 0.340 e. The van der Waals surface area contributed by atoms with Gasteiger partial charge in [0.15, 0.2) is 0 Å². The van der Waals surface area contributed by atoms with E-state index >= 15 is 0 Å². The van der Waals surface area contributed by atoms with Crippen molar-refractivity contribution in [2.75, 3.05) is 0 Å². The molecule has 2 N–H and O–H groups in total. The standard InChI is InChI=1S/C9H15N3O/c1-6-3-2-4-7(5-6)8-10-9(13)12-11-8/h6-7H,2-5H2,1H3,(H2,10,11,12,13). The van der Waals surface area contributed by atoms with Gasteiger partial charge in [-0.15, -0.1) is 0 Å². The number of nitrogens with one attached hydrogen (secondary N) is 2. The predicted molar refractivity (Wildman–Crippen MR) is 49.6 cm³/mol. The average Bonchev–Trinajstić information content (AvgIpc) is 2.52. The van der Waals surface area contributed by atoms with Gasteiger partial charge in [-0.1, -0.05) is 19.8 Å². The number of aromatic amines is 2. The van der Waals surface area contributed by atoms with Crippen molar-refractivity contribution in [3.8, 4) is 0 Å². The lowest BCUT2D eigenvalue weighted by Gasteiger charge is -2.24. The Morgan fingerprint density at radius 1 is 1.46 bits per heavy atom. The third kappa shape index (κ3) is 1.82. The van der Waals surface area contributed by atoms with Crippen LogP contribution in [0.1, 0.15) is 44.3 Å². The summed E-state index contributed by atoms with van der Waals surface area (Å²) in [6.07, 6.45) is 4.87. The van der Waals surface area contributed by atoms with E-state index < -0.39 is 0 Å². The highest BCUT2D eigenvalue weighted by atomic mass is 16.1. The minimum atomic E-state index is -0.187. The van der Waals surface area contributed by atoms with E-state index in [1.807, 2.05) is 0 Å². The Labute approximate surface area is 76.8 Å². The second-order valence-corrected chi connectivity index (χ2v) is 4.03. The van der Waals surface area contributed by atoms with Crippen LogP contribution in [0.3, 0.4) is 0 Å². The highest BCUT2D eigenvalue weighted by Gasteiger charge is 2.22. The summed E-state index contributed by atoms with van der Waals surface area (Å²) < 4.78 is 0. The van der Waals surface area contributed by atoms with Crippen LogP contribution in [0.15, 0.2) is 4.79 Å². The Morgan fingerprint density at radius 2 is 2.31 bits per heavy atom. The molecule has 0 aromatic carbocycles. The first-order valence-electron chi connectivity index (χ1n) is 4.90. The molecule has 1 aliphatic carbocycles. The lowest BCUT2D eigenvalue weighted by molar-refractivity contribution is 0.335. The Morgan fingerprint density at radius 3 is 2.92 bits per heavy atom. The summed E-state index contributed by atoms with van der Waals surface area (Å²) in [7, 11) is 0. The SMILES string of the molecule is CC1CCCC(c2n[nH]c(=O)[nH]2)C1. The summed E-state index contributed by atoms with van der Waals surface area (Å²) >= 11 is 0. The first kappa shape index (κ1) is 8.53. The largest absolute Gasteiger partial charge is 0.340 e. The molecule has 72 valence electrons. The van der Waals surface area contributed by atoms with Crippen LogP contribution in [-0.2, 0) is 0 Å². The number of aromatic nitrogens is 3. The predicted octanol–water partition coefficient (Wildman–Crippen LogP) is 1.39. The fourth-order valence-corrected chi connectivity index (χ4v) is 2.16. The van der Waals surface area contributed by atoms with E-state index in [4.69, 9.17) is 0 Å². The number of nitrogens with zero attached hydrogens (tertiary/aromatic N) is 1. The van der Waals surface area contributed by atoms with Crippen LogP contribution in [0.4, 0.5) is 0 Å². The summed E-state index contributed by atoms with van der Waals surface area (Å²) in [5, 5.41) is 6.40. The molecule has 0 saturated heterocycles. The van der Waals surface area contributed by atoms with Crippen LogP contribution in [0.2, 0.25) is 0 Å². The number of hydrogen-bond donors (Lipinski definition) is 2. The van der Waals surface area contributed by atoms with E-state index in [1.54, 1.807) is 0 Å². The summed E-state index contributed by atoms with van der Waals surface area (Å²) in [6.45, 7) is 2.26. The van der Waals surface area contributed by atoms with Crippen molar-refractivity contribution in [2.45, 2.75) is 38.5 Å². The van der Waals surface area contributed by atoms with E-state index in [9.17, 15) is 4.79 Å². The molecule has 0 bridgehead atoms. The molecule has 0 amide bonds. The normalized spacial score (nSPS) is 29.0. The molecule has 1 saturated carbocycles. The van der Waals surface area contributed by atoms with Crippen LogP contribution in [-0.4, -0.2) is 15.2 Å². The molecule has 1 aromatic heterocycles. The van der Waals surface area contributed by atoms with E-state index in [-0.39, 0.29) is 5.69 Å². The third-order valence-corrected chi connectivity index (χ3v) is 2.84. The summed E-state index contributed by atoms with van der Waals surface area (Å²) in [5.74, 6) is 2.07. The summed E-state index contributed by atoms with van der Waals surface area (Å²) in [6, 6.07) is 0. The van der Waals surface area contributed by atoms with Gasteiger partial charge < -0.3 is 0 Å². The van der Waals surface area contributed by atoms with E-state index in [0.717, 1.165) is 24.6 Å². The quantitative estimate of drug-likeness (QED) is 0.687. The van der Waals surface area contributed by atoms with Gasteiger partial charge in [-0.05, 0) is 18.8 Å². The Hall–Kier alpha value is -1.06. The maximum atomic E-state index is 10.8. The third-order valence-electron chi connectivity index (χ3n) is 2.84. The highest BCUT2D eigenvalue weighted by Crippen LogP contribution is 2.33. The summed E-state index contributed by atoms with van der Waals surface area (Å²) in [5.41, 5.74) is -0.187. The van der Waals surface area contributed by atoms with Crippen molar-refractivity contribution < 1.29 is 0 Å². The molecular weight excluding hydrogens is 166 g/mol. The van der Waals surface area contributed by atoms with Gasteiger partial charge in [0.1, 0.15) is 5.82 Å². The number of H-pyrrole nitrogens is 2. The molecule has 2 atom stereocenters. The number of rotatable bonds is 1. The Kier molecular flexibility index (Phi) is 2.20. The van der Waals surface area contributed by atoms with Crippen molar-refractivity contribution in [1.82, 2.24) is 15.2 Å². The van der Waals surface area contributed by atoms with Gasteiger partial charge in [-0.2, -0.15) is 5.10 Å². The maximum absolute atomic E-state index is 10.8. The zero-order valence-corrected chi connectivity index (χ0v) is 7.84. The molecule has 4 heteroatoms.